The van der Waals surface area contributed by atoms with Crippen molar-refractivity contribution >= 4 is 6.01 Å². The second-order valence-corrected chi connectivity index (χ2v) is 2.50. The zero-order valence-corrected chi connectivity index (χ0v) is 6.12. The fourth-order valence-electron chi connectivity index (χ4n) is 1.16. The summed E-state index contributed by atoms with van der Waals surface area (Å²) in [4.78, 5) is 7.99. The van der Waals surface area contributed by atoms with Crippen LogP contribution in [0.3, 0.4) is 0 Å². The van der Waals surface area contributed by atoms with Crippen molar-refractivity contribution in [2.45, 2.75) is 13.1 Å². The van der Waals surface area contributed by atoms with Crippen molar-refractivity contribution in [2.24, 2.45) is 9.98 Å². The maximum absolute atomic E-state index is 4.00. The molecule has 1 heterocycles. The van der Waals surface area contributed by atoms with Crippen molar-refractivity contribution in [3.63, 3.8) is 0 Å². The van der Waals surface area contributed by atoms with Gasteiger partial charge in [-0.1, -0.05) is 24.3 Å². The molecule has 0 aliphatic carbocycles. The molecule has 0 radical (unpaired) electrons. The molecule has 11 heavy (non-hydrogen) atoms. The zero-order chi connectivity index (χ0) is 7.52. The molecule has 1 aliphatic rings. The van der Waals surface area contributed by atoms with Crippen molar-refractivity contribution in [2.75, 3.05) is 0 Å². The van der Waals surface area contributed by atoms with Crippen LogP contribution in [0, 0.1) is 0 Å². The minimum Gasteiger partial charge on any atom is -0.221 e. The second-order valence-electron chi connectivity index (χ2n) is 2.50. The Morgan fingerprint density at radius 2 is 1.55 bits per heavy atom. The van der Waals surface area contributed by atoms with Gasteiger partial charge in [0.1, 0.15) is 0 Å². The lowest BCUT2D eigenvalue weighted by Crippen LogP contribution is -1.87. The van der Waals surface area contributed by atoms with Gasteiger partial charge in [0.25, 0.3) is 0 Å². The van der Waals surface area contributed by atoms with E-state index in [1.165, 1.54) is 11.1 Å². The molecule has 2 rings (SSSR count). The Morgan fingerprint density at radius 1 is 1.00 bits per heavy atom. The third-order valence-electron chi connectivity index (χ3n) is 1.76. The number of aliphatic imine (C=N–C) groups is 2. The van der Waals surface area contributed by atoms with Crippen LogP contribution in [0.4, 0.5) is 0 Å². The van der Waals surface area contributed by atoms with Gasteiger partial charge in [0, 0.05) is 0 Å². The molecule has 0 aromatic heterocycles. The van der Waals surface area contributed by atoms with E-state index < -0.39 is 0 Å². The van der Waals surface area contributed by atoms with Crippen molar-refractivity contribution in [3.8, 4) is 0 Å². The summed E-state index contributed by atoms with van der Waals surface area (Å²) < 4.78 is 0. The number of fused-ring (bicyclic) bond motifs is 1. The SMILES string of the molecule is C1=NCc2ccccc2CN=1. The zero-order valence-electron chi connectivity index (χ0n) is 6.12. The maximum Gasteiger partial charge on any atom is 0.0899 e. The molecule has 0 bridgehead atoms. The molecule has 0 spiro atoms. The summed E-state index contributed by atoms with van der Waals surface area (Å²) in [7, 11) is 0. The van der Waals surface area contributed by atoms with Crippen molar-refractivity contribution < 1.29 is 0 Å². The molecule has 1 aromatic rings. The molecule has 0 fully saturated rings. The standard InChI is InChI=1S/C9H8N2/c1-2-4-9-6-11-7-10-5-8(9)3-1/h1-4H,5-6H2. The number of hydrogen-bond acceptors (Lipinski definition) is 2. The summed E-state index contributed by atoms with van der Waals surface area (Å²) in [5, 5.41) is 0. The maximum atomic E-state index is 4.00. The third kappa shape index (κ3) is 1.21. The van der Waals surface area contributed by atoms with Crippen LogP contribution in [0.25, 0.3) is 0 Å². The monoisotopic (exact) mass is 144 g/mol. The van der Waals surface area contributed by atoms with E-state index in [1.807, 2.05) is 12.1 Å². The van der Waals surface area contributed by atoms with Gasteiger partial charge >= 0.3 is 0 Å². The van der Waals surface area contributed by atoms with Gasteiger partial charge in [-0.15, -0.1) is 0 Å². The van der Waals surface area contributed by atoms with Gasteiger partial charge in [0.05, 0.1) is 19.1 Å². The highest BCUT2D eigenvalue weighted by atomic mass is 14.8. The van der Waals surface area contributed by atoms with Crippen LogP contribution in [0.5, 0.6) is 0 Å². The van der Waals surface area contributed by atoms with Gasteiger partial charge in [-0.05, 0) is 11.1 Å². The highest BCUT2D eigenvalue weighted by Crippen LogP contribution is 2.12. The van der Waals surface area contributed by atoms with E-state index in [9.17, 15) is 0 Å². The molecule has 0 atom stereocenters. The summed E-state index contributed by atoms with van der Waals surface area (Å²) in [6.07, 6.45) is 0. The number of benzene rings is 1. The topological polar surface area (TPSA) is 24.7 Å². The molecule has 0 saturated heterocycles. The predicted molar refractivity (Wildman–Crippen MR) is 43.7 cm³/mol. The molecule has 2 nitrogen and oxygen atoms in total. The fraction of sp³-hybridized carbons (Fsp3) is 0.222. The first-order valence-electron chi connectivity index (χ1n) is 3.61. The Morgan fingerprint density at radius 3 is 2.09 bits per heavy atom. The van der Waals surface area contributed by atoms with Crippen molar-refractivity contribution in [1.29, 1.82) is 0 Å². The Hall–Kier alpha value is -1.40. The average Bonchev–Trinajstić information content (AvgIpc) is 2.28. The molecular formula is C9H8N2. The lowest BCUT2D eigenvalue weighted by molar-refractivity contribution is 1.02. The first-order valence-corrected chi connectivity index (χ1v) is 3.61. The van der Waals surface area contributed by atoms with Crippen LogP contribution in [0.15, 0.2) is 34.3 Å². The number of rotatable bonds is 0. The van der Waals surface area contributed by atoms with E-state index in [-0.39, 0.29) is 0 Å². The minimum atomic E-state index is 0.722. The molecule has 0 N–H and O–H groups in total. The average molecular weight is 144 g/mol. The van der Waals surface area contributed by atoms with E-state index in [0.717, 1.165) is 13.1 Å². The largest absolute Gasteiger partial charge is 0.221 e. The quantitative estimate of drug-likeness (QED) is 0.531. The summed E-state index contributed by atoms with van der Waals surface area (Å²) in [5.74, 6) is 0. The summed E-state index contributed by atoms with van der Waals surface area (Å²) in [6, 6.07) is 10.9. The smallest absolute Gasteiger partial charge is 0.0899 e. The summed E-state index contributed by atoms with van der Waals surface area (Å²) >= 11 is 0. The normalized spacial score (nSPS) is 14.2. The van der Waals surface area contributed by atoms with Crippen LogP contribution in [0.1, 0.15) is 11.1 Å². The van der Waals surface area contributed by atoms with Gasteiger partial charge in [-0.2, -0.15) is 0 Å². The minimum absolute atomic E-state index is 0.722. The van der Waals surface area contributed by atoms with E-state index in [2.05, 4.69) is 28.1 Å². The lowest BCUT2D eigenvalue weighted by Gasteiger charge is -2.00. The lowest BCUT2D eigenvalue weighted by atomic mass is 10.1. The molecule has 54 valence electrons. The molecule has 0 amide bonds. The highest BCUT2D eigenvalue weighted by Gasteiger charge is 2.00. The van der Waals surface area contributed by atoms with Crippen LogP contribution in [-0.2, 0) is 13.1 Å². The van der Waals surface area contributed by atoms with Gasteiger partial charge in [-0.25, -0.2) is 9.98 Å². The van der Waals surface area contributed by atoms with E-state index in [4.69, 9.17) is 0 Å². The van der Waals surface area contributed by atoms with Gasteiger partial charge < -0.3 is 0 Å². The fourth-order valence-corrected chi connectivity index (χ4v) is 1.16. The molecule has 0 unspecified atom stereocenters. The molecule has 1 aliphatic heterocycles. The Kier molecular flexibility index (Phi) is 1.54. The molecule has 0 saturated carbocycles. The van der Waals surface area contributed by atoms with Gasteiger partial charge in [-0.3, -0.25) is 0 Å². The van der Waals surface area contributed by atoms with E-state index in [1.54, 1.807) is 0 Å². The van der Waals surface area contributed by atoms with Crippen LogP contribution in [-0.4, -0.2) is 6.01 Å². The first kappa shape index (κ1) is 6.32. The Balaban J connectivity index is 2.47. The van der Waals surface area contributed by atoms with Gasteiger partial charge in [0.2, 0.25) is 0 Å². The highest BCUT2D eigenvalue weighted by molar-refractivity contribution is 5.44. The summed E-state index contributed by atoms with van der Waals surface area (Å²) in [5.41, 5.74) is 2.53. The first-order chi connectivity index (χ1) is 5.47. The van der Waals surface area contributed by atoms with E-state index in [0.29, 0.717) is 0 Å². The van der Waals surface area contributed by atoms with Crippen molar-refractivity contribution in [3.05, 3.63) is 35.4 Å². The Labute approximate surface area is 65.3 Å². The second kappa shape index (κ2) is 2.69. The molecular weight excluding hydrogens is 136 g/mol. The number of hydrogen-bond donors (Lipinski definition) is 0. The van der Waals surface area contributed by atoms with Crippen molar-refractivity contribution in [1.82, 2.24) is 0 Å². The van der Waals surface area contributed by atoms with E-state index >= 15 is 0 Å². The molecule has 1 aromatic carbocycles. The summed E-state index contributed by atoms with van der Waals surface area (Å²) in [6.45, 7) is 1.44. The molecule has 2 heteroatoms. The van der Waals surface area contributed by atoms with Crippen LogP contribution >= 0.6 is 0 Å². The number of nitrogens with zero attached hydrogens (tertiary/aromatic N) is 2. The third-order valence-corrected chi connectivity index (χ3v) is 1.76. The Bertz CT molecular complexity index is 293. The van der Waals surface area contributed by atoms with Gasteiger partial charge in [0.15, 0.2) is 0 Å². The van der Waals surface area contributed by atoms with Crippen LogP contribution < -0.4 is 0 Å². The van der Waals surface area contributed by atoms with Crippen LogP contribution in [0.2, 0.25) is 0 Å². The predicted octanol–water partition coefficient (Wildman–Crippen LogP) is 1.87.